The predicted molar refractivity (Wildman–Crippen MR) is 68.7 cm³/mol. The maximum absolute atomic E-state index is 11.6. The lowest BCUT2D eigenvalue weighted by Gasteiger charge is -2.22. The van der Waals surface area contributed by atoms with Gasteiger partial charge in [-0.2, -0.15) is 0 Å². The van der Waals surface area contributed by atoms with E-state index in [9.17, 15) is 9.90 Å². The first-order valence-electron chi connectivity index (χ1n) is 6.65. The van der Waals surface area contributed by atoms with Crippen LogP contribution in [0.25, 0.3) is 0 Å². The smallest absolute Gasteiger partial charge is 0.234 e. The fraction of sp³-hybridized carbons (Fsp3) is 0.923. The van der Waals surface area contributed by atoms with Gasteiger partial charge in [0.05, 0.1) is 12.6 Å². The Balaban J connectivity index is 2.18. The van der Waals surface area contributed by atoms with Crippen LogP contribution in [0, 0.1) is 5.92 Å². The molecule has 1 aliphatic carbocycles. The zero-order valence-corrected chi connectivity index (χ0v) is 11.3. The maximum Gasteiger partial charge on any atom is 0.234 e. The highest BCUT2D eigenvalue weighted by Gasteiger charge is 2.23. The van der Waals surface area contributed by atoms with E-state index in [0.717, 1.165) is 12.8 Å². The second-order valence-electron chi connectivity index (χ2n) is 5.42. The van der Waals surface area contributed by atoms with Crippen molar-refractivity contribution in [3.8, 4) is 0 Å². The minimum atomic E-state index is -0.370. The van der Waals surface area contributed by atoms with E-state index in [1.165, 1.54) is 12.8 Å². The van der Waals surface area contributed by atoms with Crippen LogP contribution < -0.4 is 5.32 Å². The van der Waals surface area contributed by atoms with Crippen LogP contribution in [0.1, 0.15) is 39.5 Å². The molecule has 1 rings (SSSR count). The molecule has 0 aromatic carbocycles. The van der Waals surface area contributed by atoms with Crippen molar-refractivity contribution in [3.63, 3.8) is 0 Å². The summed E-state index contributed by atoms with van der Waals surface area (Å²) in [5.41, 5.74) is 0. The van der Waals surface area contributed by atoms with Crippen molar-refractivity contribution in [3.05, 3.63) is 0 Å². The first-order chi connectivity index (χ1) is 8.00. The molecule has 0 aromatic rings. The van der Waals surface area contributed by atoms with Gasteiger partial charge in [-0.25, -0.2) is 0 Å². The summed E-state index contributed by atoms with van der Waals surface area (Å²) in [5, 5.41) is 12.7. The number of aliphatic hydroxyl groups is 1. The van der Waals surface area contributed by atoms with Gasteiger partial charge in [0.25, 0.3) is 0 Å². The van der Waals surface area contributed by atoms with E-state index in [1.54, 1.807) is 0 Å². The number of nitrogens with zero attached hydrogens (tertiary/aromatic N) is 1. The van der Waals surface area contributed by atoms with E-state index in [0.29, 0.717) is 25.0 Å². The molecule has 1 amide bonds. The lowest BCUT2D eigenvalue weighted by Crippen LogP contribution is -2.42. The topological polar surface area (TPSA) is 52.6 Å². The predicted octanol–water partition coefficient (Wildman–Crippen LogP) is 0.994. The molecule has 1 fully saturated rings. The third-order valence-corrected chi connectivity index (χ3v) is 3.73. The number of hydrogen-bond acceptors (Lipinski definition) is 3. The zero-order chi connectivity index (χ0) is 12.8. The molecule has 0 heterocycles. The van der Waals surface area contributed by atoms with Gasteiger partial charge in [0.1, 0.15) is 0 Å². The van der Waals surface area contributed by atoms with Gasteiger partial charge in [-0.15, -0.1) is 0 Å². The van der Waals surface area contributed by atoms with Gasteiger partial charge in [-0.3, -0.25) is 9.69 Å². The Kier molecular flexibility index (Phi) is 5.92. The van der Waals surface area contributed by atoms with Gasteiger partial charge in [0.15, 0.2) is 0 Å². The van der Waals surface area contributed by atoms with Gasteiger partial charge in [-0.1, -0.05) is 12.8 Å². The number of amides is 1. The van der Waals surface area contributed by atoms with Crippen LogP contribution in [0.5, 0.6) is 0 Å². The molecule has 1 unspecified atom stereocenters. The summed E-state index contributed by atoms with van der Waals surface area (Å²) in [5.74, 6) is 0.386. The first kappa shape index (κ1) is 14.5. The molecule has 100 valence electrons. The molecule has 2 N–H and O–H groups in total. The van der Waals surface area contributed by atoms with Gasteiger partial charge >= 0.3 is 0 Å². The number of carbonyl (C=O) groups excluding carboxylic acids is 1. The van der Waals surface area contributed by atoms with Crippen LogP contribution in [0.4, 0.5) is 0 Å². The summed E-state index contributed by atoms with van der Waals surface area (Å²) in [6, 6.07) is 0.362. The molecule has 0 saturated heterocycles. The fourth-order valence-corrected chi connectivity index (χ4v) is 2.19. The Labute approximate surface area is 104 Å². The summed E-state index contributed by atoms with van der Waals surface area (Å²) in [7, 11) is 1.93. The largest absolute Gasteiger partial charge is 0.391 e. The molecule has 0 radical (unpaired) electrons. The van der Waals surface area contributed by atoms with E-state index in [-0.39, 0.29) is 12.0 Å². The Bertz CT molecular complexity index is 238. The van der Waals surface area contributed by atoms with Crippen LogP contribution in [0.15, 0.2) is 0 Å². The van der Waals surface area contributed by atoms with E-state index < -0.39 is 0 Å². The quantitative estimate of drug-likeness (QED) is 0.730. The van der Waals surface area contributed by atoms with Gasteiger partial charge in [0.2, 0.25) is 5.91 Å². The van der Waals surface area contributed by atoms with Crippen LogP contribution in [0.3, 0.4) is 0 Å². The van der Waals surface area contributed by atoms with Crippen molar-refractivity contribution >= 4 is 5.91 Å². The Morgan fingerprint density at radius 2 is 2.00 bits per heavy atom. The summed E-state index contributed by atoms with van der Waals surface area (Å²) < 4.78 is 0. The van der Waals surface area contributed by atoms with Gasteiger partial charge in [-0.05, 0) is 39.7 Å². The normalized spacial score (nSPS) is 18.9. The van der Waals surface area contributed by atoms with Crippen molar-refractivity contribution in [2.24, 2.45) is 5.92 Å². The van der Waals surface area contributed by atoms with Crippen molar-refractivity contribution < 1.29 is 9.90 Å². The number of likely N-dealkylation sites (N-methyl/N-ethyl adjacent to an activating group) is 1. The average Bonchev–Trinajstić information content (AvgIpc) is 2.79. The third-order valence-electron chi connectivity index (χ3n) is 3.73. The SMILES string of the molecule is CC(C)N(C)CC(=O)NCC(O)C1CCCC1. The second kappa shape index (κ2) is 6.97. The highest BCUT2D eigenvalue weighted by atomic mass is 16.3. The Morgan fingerprint density at radius 1 is 1.41 bits per heavy atom. The van der Waals surface area contributed by atoms with Crippen molar-refractivity contribution in [2.45, 2.75) is 51.7 Å². The number of nitrogens with one attached hydrogen (secondary N) is 1. The van der Waals surface area contributed by atoms with E-state index in [4.69, 9.17) is 0 Å². The molecule has 4 nitrogen and oxygen atoms in total. The lowest BCUT2D eigenvalue weighted by atomic mass is 10.0. The van der Waals surface area contributed by atoms with Crippen molar-refractivity contribution in [2.75, 3.05) is 20.1 Å². The van der Waals surface area contributed by atoms with Crippen LogP contribution in [0.2, 0.25) is 0 Å². The molecule has 0 spiro atoms. The monoisotopic (exact) mass is 242 g/mol. The van der Waals surface area contributed by atoms with Gasteiger partial charge < -0.3 is 10.4 Å². The fourth-order valence-electron chi connectivity index (χ4n) is 2.19. The molecule has 0 aliphatic heterocycles. The molecule has 1 aliphatic rings. The molecular formula is C13H26N2O2. The van der Waals surface area contributed by atoms with Crippen LogP contribution in [-0.2, 0) is 4.79 Å². The summed E-state index contributed by atoms with van der Waals surface area (Å²) >= 11 is 0. The summed E-state index contributed by atoms with van der Waals surface area (Å²) in [6.07, 6.45) is 4.26. The Hall–Kier alpha value is -0.610. The standard InChI is InChI=1S/C13H26N2O2/c1-10(2)15(3)9-13(17)14-8-12(16)11-6-4-5-7-11/h10-12,16H,4-9H2,1-3H3,(H,14,17). The van der Waals surface area contributed by atoms with E-state index >= 15 is 0 Å². The Morgan fingerprint density at radius 3 is 2.53 bits per heavy atom. The molecular weight excluding hydrogens is 216 g/mol. The number of carbonyl (C=O) groups is 1. The molecule has 0 bridgehead atoms. The zero-order valence-electron chi connectivity index (χ0n) is 11.3. The van der Waals surface area contributed by atoms with Crippen LogP contribution >= 0.6 is 0 Å². The van der Waals surface area contributed by atoms with Crippen LogP contribution in [-0.4, -0.2) is 48.2 Å². The van der Waals surface area contributed by atoms with Crippen molar-refractivity contribution in [1.29, 1.82) is 0 Å². The molecule has 4 heteroatoms. The van der Waals surface area contributed by atoms with E-state index in [1.807, 2.05) is 11.9 Å². The highest BCUT2D eigenvalue weighted by Crippen LogP contribution is 2.27. The second-order valence-corrected chi connectivity index (χ2v) is 5.42. The average molecular weight is 242 g/mol. The molecule has 1 atom stereocenters. The maximum atomic E-state index is 11.6. The third kappa shape index (κ3) is 5.04. The number of hydrogen-bond donors (Lipinski definition) is 2. The van der Waals surface area contributed by atoms with Crippen molar-refractivity contribution in [1.82, 2.24) is 10.2 Å². The lowest BCUT2D eigenvalue weighted by molar-refractivity contribution is -0.122. The minimum absolute atomic E-state index is 0.00162. The molecule has 17 heavy (non-hydrogen) atoms. The molecule has 0 aromatic heterocycles. The summed E-state index contributed by atoms with van der Waals surface area (Å²) in [6.45, 7) is 4.91. The highest BCUT2D eigenvalue weighted by molar-refractivity contribution is 5.78. The van der Waals surface area contributed by atoms with E-state index in [2.05, 4.69) is 19.2 Å². The summed E-state index contributed by atoms with van der Waals surface area (Å²) in [4.78, 5) is 13.6. The van der Waals surface area contributed by atoms with Gasteiger partial charge in [0, 0.05) is 12.6 Å². The molecule has 1 saturated carbocycles. The number of aliphatic hydroxyl groups excluding tert-OH is 1. The number of rotatable bonds is 6. The first-order valence-corrected chi connectivity index (χ1v) is 6.65. The minimum Gasteiger partial charge on any atom is -0.391 e.